The number of rotatable bonds is 4. The van der Waals surface area contributed by atoms with E-state index in [1.807, 2.05) is 25.1 Å². The Morgan fingerprint density at radius 1 is 1.33 bits per heavy atom. The zero-order valence-electron chi connectivity index (χ0n) is 12.6. The zero-order valence-corrected chi connectivity index (χ0v) is 14.2. The molecule has 2 aliphatic rings. The normalized spacial score (nSPS) is 22.1. The van der Waals surface area contributed by atoms with Crippen molar-refractivity contribution in [2.24, 2.45) is 0 Å². The maximum Gasteiger partial charge on any atom is 0.254 e. The van der Waals surface area contributed by atoms with Crippen molar-refractivity contribution in [3.05, 3.63) is 33.8 Å². The average Bonchev–Trinajstić information content (AvgIpc) is 3.33. The standard InChI is InChI=1S/C17H23BrN2O/c1-12-10-13(5-8-16(12)18)17(21)20(15-6-7-15)11-14-4-2-3-9-19-14/h5,8,10,14-15,19H,2-4,6-7,9,11H2,1H3. The number of amides is 1. The number of hydrogen-bond donors (Lipinski definition) is 1. The highest BCUT2D eigenvalue weighted by Gasteiger charge is 2.34. The van der Waals surface area contributed by atoms with Crippen LogP contribution in [-0.2, 0) is 0 Å². The minimum absolute atomic E-state index is 0.195. The molecule has 4 heteroatoms. The van der Waals surface area contributed by atoms with Gasteiger partial charge in [0.2, 0.25) is 0 Å². The Balaban J connectivity index is 1.73. The first-order valence-corrected chi connectivity index (χ1v) is 8.75. The van der Waals surface area contributed by atoms with E-state index in [2.05, 4.69) is 26.1 Å². The van der Waals surface area contributed by atoms with Crippen LogP contribution in [0.4, 0.5) is 0 Å². The van der Waals surface area contributed by atoms with Crippen LogP contribution in [0.5, 0.6) is 0 Å². The van der Waals surface area contributed by atoms with Gasteiger partial charge in [-0.25, -0.2) is 0 Å². The number of nitrogens with zero attached hydrogens (tertiary/aromatic N) is 1. The topological polar surface area (TPSA) is 32.3 Å². The zero-order chi connectivity index (χ0) is 14.8. The van der Waals surface area contributed by atoms with Crippen LogP contribution < -0.4 is 5.32 Å². The lowest BCUT2D eigenvalue weighted by Crippen LogP contribution is -2.46. The van der Waals surface area contributed by atoms with E-state index in [4.69, 9.17) is 0 Å². The van der Waals surface area contributed by atoms with Crippen LogP contribution in [0.3, 0.4) is 0 Å². The van der Waals surface area contributed by atoms with Crippen LogP contribution in [0.15, 0.2) is 22.7 Å². The molecule has 1 unspecified atom stereocenters. The summed E-state index contributed by atoms with van der Waals surface area (Å²) < 4.78 is 1.06. The molecule has 0 bridgehead atoms. The maximum absolute atomic E-state index is 12.8. The molecular formula is C17H23BrN2O. The third-order valence-electron chi connectivity index (χ3n) is 4.48. The molecule has 1 saturated heterocycles. The highest BCUT2D eigenvalue weighted by molar-refractivity contribution is 9.10. The van der Waals surface area contributed by atoms with Crippen LogP contribution in [0.25, 0.3) is 0 Å². The van der Waals surface area contributed by atoms with Crippen LogP contribution in [0.1, 0.15) is 48.0 Å². The molecule has 1 aliphatic carbocycles. The van der Waals surface area contributed by atoms with Gasteiger partial charge in [0.25, 0.3) is 5.91 Å². The van der Waals surface area contributed by atoms with Crippen molar-refractivity contribution >= 4 is 21.8 Å². The van der Waals surface area contributed by atoms with Gasteiger partial charge in [0, 0.05) is 28.7 Å². The maximum atomic E-state index is 12.8. The number of hydrogen-bond acceptors (Lipinski definition) is 2. The average molecular weight is 351 g/mol. The Hall–Kier alpha value is -0.870. The van der Waals surface area contributed by atoms with E-state index in [9.17, 15) is 4.79 Å². The molecule has 3 rings (SSSR count). The molecule has 2 fully saturated rings. The molecule has 1 N–H and O–H groups in total. The number of halogens is 1. The molecule has 1 amide bonds. The van der Waals surface area contributed by atoms with Gasteiger partial charge >= 0.3 is 0 Å². The number of carbonyl (C=O) groups excluding carboxylic acids is 1. The van der Waals surface area contributed by atoms with Gasteiger partial charge in [-0.2, -0.15) is 0 Å². The Bertz CT molecular complexity index is 522. The van der Waals surface area contributed by atoms with Gasteiger partial charge in [-0.05, 0) is 62.9 Å². The predicted octanol–water partition coefficient (Wildman–Crippen LogP) is 3.50. The molecule has 0 aromatic heterocycles. The van der Waals surface area contributed by atoms with Crippen LogP contribution in [0.2, 0.25) is 0 Å². The Labute approximate surface area is 135 Å². The molecule has 1 heterocycles. The highest BCUT2D eigenvalue weighted by atomic mass is 79.9. The first-order valence-electron chi connectivity index (χ1n) is 7.95. The third kappa shape index (κ3) is 3.67. The second kappa shape index (κ2) is 6.49. The summed E-state index contributed by atoms with van der Waals surface area (Å²) in [6, 6.07) is 6.84. The quantitative estimate of drug-likeness (QED) is 0.901. The third-order valence-corrected chi connectivity index (χ3v) is 5.37. The molecule has 1 aromatic carbocycles. The Morgan fingerprint density at radius 2 is 2.14 bits per heavy atom. The van der Waals surface area contributed by atoms with Crippen LogP contribution in [0, 0.1) is 6.92 Å². The van der Waals surface area contributed by atoms with Crippen molar-refractivity contribution in [1.82, 2.24) is 10.2 Å². The number of aryl methyl sites for hydroxylation is 1. The van der Waals surface area contributed by atoms with E-state index in [0.717, 1.165) is 41.5 Å². The highest BCUT2D eigenvalue weighted by Crippen LogP contribution is 2.29. The molecule has 1 saturated carbocycles. The molecule has 1 atom stereocenters. The Kier molecular flexibility index (Phi) is 4.65. The SMILES string of the molecule is Cc1cc(C(=O)N(CC2CCCCN2)C2CC2)ccc1Br. The second-order valence-corrected chi connectivity index (χ2v) is 7.15. The monoisotopic (exact) mass is 350 g/mol. The number of piperidine rings is 1. The lowest BCUT2D eigenvalue weighted by molar-refractivity contribution is 0.0718. The van der Waals surface area contributed by atoms with Crippen molar-refractivity contribution in [3.63, 3.8) is 0 Å². The van der Waals surface area contributed by atoms with E-state index in [-0.39, 0.29) is 5.91 Å². The van der Waals surface area contributed by atoms with Gasteiger partial charge < -0.3 is 10.2 Å². The van der Waals surface area contributed by atoms with E-state index < -0.39 is 0 Å². The van der Waals surface area contributed by atoms with Crippen molar-refractivity contribution in [2.45, 2.75) is 51.1 Å². The fourth-order valence-corrected chi connectivity index (χ4v) is 3.29. The second-order valence-electron chi connectivity index (χ2n) is 6.30. The smallest absolute Gasteiger partial charge is 0.254 e. The van der Waals surface area contributed by atoms with Gasteiger partial charge in [-0.3, -0.25) is 4.79 Å². The first-order chi connectivity index (χ1) is 10.1. The molecule has 0 spiro atoms. The first kappa shape index (κ1) is 15.0. The minimum Gasteiger partial charge on any atom is -0.334 e. The summed E-state index contributed by atoms with van der Waals surface area (Å²) in [5.41, 5.74) is 1.94. The summed E-state index contributed by atoms with van der Waals surface area (Å²) in [4.78, 5) is 14.9. The number of carbonyl (C=O) groups is 1. The van der Waals surface area contributed by atoms with E-state index in [0.29, 0.717) is 12.1 Å². The fourth-order valence-electron chi connectivity index (χ4n) is 3.04. The molecule has 114 valence electrons. The molecule has 21 heavy (non-hydrogen) atoms. The number of benzene rings is 1. The van der Waals surface area contributed by atoms with E-state index >= 15 is 0 Å². The summed E-state index contributed by atoms with van der Waals surface area (Å²) in [6.07, 6.45) is 6.05. The molecular weight excluding hydrogens is 328 g/mol. The number of nitrogens with one attached hydrogen (secondary N) is 1. The van der Waals surface area contributed by atoms with Crippen LogP contribution >= 0.6 is 15.9 Å². The van der Waals surface area contributed by atoms with Crippen molar-refractivity contribution in [1.29, 1.82) is 0 Å². The largest absolute Gasteiger partial charge is 0.334 e. The van der Waals surface area contributed by atoms with Gasteiger partial charge in [-0.15, -0.1) is 0 Å². The Morgan fingerprint density at radius 3 is 2.76 bits per heavy atom. The van der Waals surface area contributed by atoms with Gasteiger partial charge in [0.15, 0.2) is 0 Å². The van der Waals surface area contributed by atoms with E-state index in [1.165, 1.54) is 19.3 Å². The summed E-state index contributed by atoms with van der Waals surface area (Å²) in [5, 5.41) is 3.56. The minimum atomic E-state index is 0.195. The molecule has 0 radical (unpaired) electrons. The summed E-state index contributed by atoms with van der Waals surface area (Å²) in [5.74, 6) is 0.195. The molecule has 1 aromatic rings. The summed E-state index contributed by atoms with van der Waals surface area (Å²) in [6.45, 7) is 3.98. The van der Waals surface area contributed by atoms with Gasteiger partial charge in [0.05, 0.1) is 0 Å². The van der Waals surface area contributed by atoms with Crippen LogP contribution in [-0.4, -0.2) is 36.0 Å². The predicted molar refractivity (Wildman–Crippen MR) is 88.6 cm³/mol. The lowest BCUT2D eigenvalue weighted by Gasteiger charge is -2.31. The molecule has 1 aliphatic heterocycles. The van der Waals surface area contributed by atoms with Crippen molar-refractivity contribution in [3.8, 4) is 0 Å². The van der Waals surface area contributed by atoms with E-state index in [1.54, 1.807) is 0 Å². The summed E-state index contributed by atoms with van der Waals surface area (Å²) in [7, 11) is 0. The van der Waals surface area contributed by atoms with Gasteiger partial charge in [0.1, 0.15) is 0 Å². The molecule has 3 nitrogen and oxygen atoms in total. The van der Waals surface area contributed by atoms with Crippen molar-refractivity contribution < 1.29 is 4.79 Å². The fraction of sp³-hybridized carbons (Fsp3) is 0.588. The van der Waals surface area contributed by atoms with Gasteiger partial charge in [-0.1, -0.05) is 22.4 Å². The lowest BCUT2D eigenvalue weighted by atomic mass is 10.0. The summed E-state index contributed by atoms with van der Waals surface area (Å²) >= 11 is 3.50. The van der Waals surface area contributed by atoms with Crippen molar-refractivity contribution in [2.75, 3.05) is 13.1 Å².